The molecule has 3 rings (SSSR count). The molecular formula is C12H16O2S3. The monoisotopic (exact) mass is 288 g/mol. The smallest absolute Gasteiger partial charge is 0.136 e. The molecule has 2 aliphatic heterocycles. The zero-order valence-corrected chi connectivity index (χ0v) is 12.5. The molecule has 2 unspecified atom stereocenters. The van der Waals surface area contributed by atoms with Gasteiger partial charge in [0.05, 0.1) is 4.88 Å². The number of hydrogen-bond acceptors (Lipinski definition) is 4. The quantitative estimate of drug-likeness (QED) is 0.732. The molecule has 1 fully saturated rings. The van der Waals surface area contributed by atoms with Crippen molar-refractivity contribution in [3.63, 3.8) is 0 Å². The molecule has 2 aliphatic rings. The van der Waals surface area contributed by atoms with Gasteiger partial charge >= 0.3 is 0 Å². The van der Waals surface area contributed by atoms with Crippen molar-refractivity contribution in [3.05, 3.63) is 16.3 Å². The molecule has 2 nitrogen and oxygen atoms in total. The summed E-state index contributed by atoms with van der Waals surface area (Å²) >= 11 is 3.57. The minimum atomic E-state index is -0.778. The maximum absolute atomic E-state index is 12.6. The summed E-state index contributed by atoms with van der Waals surface area (Å²) in [4.78, 5) is 1.19. The molecule has 0 amide bonds. The van der Waals surface area contributed by atoms with Gasteiger partial charge in [0.15, 0.2) is 0 Å². The van der Waals surface area contributed by atoms with Gasteiger partial charge in [0.25, 0.3) is 0 Å². The molecule has 5 heteroatoms. The van der Waals surface area contributed by atoms with Crippen LogP contribution in [0.3, 0.4) is 0 Å². The molecule has 94 valence electrons. The minimum Gasteiger partial charge on any atom is -0.487 e. The van der Waals surface area contributed by atoms with Crippen LogP contribution in [0.1, 0.15) is 31.6 Å². The van der Waals surface area contributed by atoms with Crippen molar-refractivity contribution in [1.82, 2.24) is 0 Å². The van der Waals surface area contributed by atoms with Crippen LogP contribution in [0, 0.1) is 0 Å². The van der Waals surface area contributed by atoms with Crippen molar-refractivity contribution < 1.29 is 8.95 Å². The van der Waals surface area contributed by atoms with E-state index in [9.17, 15) is 4.21 Å². The lowest BCUT2D eigenvalue weighted by atomic mass is 9.98. The summed E-state index contributed by atoms with van der Waals surface area (Å²) in [5, 5.41) is 2.06. The van der Waals surface area contributed by atoms with Gasteiger partial charge in [0, 0.05) is 23.0 Å². The van der Waals surface area contributed by atoms with E-state index in [1.165, 1.54) is 4.88 Å². The third-order valence-electron chi connectivity index (χ3n) is 3.20. The standard InChI is InChI=1S/C12H16O2S3/c1-11(2)8-12(16-5-3-7-17(12)13)10-9(14-11)4-6-15-10/h4,6H,3,5,7-8H2,1-2H3. The molecule has 1 spiro atoms. The Labute approximate surface area is 113 Å². The summed E-state index contributed by atoms with van der Waals surface area (Å²) in [5.41, 5.74) is -0.214. The van der Waals surface area contributed by atoms with Crippen molar-refractivity contribution >= 4 is 33.9 Å². The summed E-state index contributed by atoms with van der Waals surface area (Å²) in [6, 6.07) is 2.02. The number of thioether (sulfide) groups is 1. The van der Waals surface area contributed by atoms with Crippen LogP contribution >= 0.6 is 23.1 Å². The lowest BCUT2D eigenvalue weighted by Gasteiger charge is -2.45. The van der Waals surface area contributed by atoms with Gasteiger partial charge < -0.3 is 4.74 Å². The van der Waals surface area contributed by atoms with Gasteiger partial charge in [0.2, 0.25) is 0 Å². The summed E-state index contributed by atoms with van der Waals surface area (Å²) in [5.74, 6) is 2.90. The number of thiophene rings is 1. The van der Waals surface area contributed by atoms with E-state index in [1.807, 2.05) is 17.8 Å². The van der Waals surface area contributed by atoms with Crippen LogP contribution < -0.4 is 4.74 Å². The van der Waals surface area contributed by atoms with Crippen LogP contribution in [-0.2, 0) is 14.9 Å². The molecule has 0 aromatic carbocycles. The lowest BCUT2D eigenvalue weighted by molar-refractivity contribution is 0.0800. The summed E-state index contributed by atoms with van der Waals surface area (Å²) < 4.78 is 18.4. The predicted octanol–water partition coefficient (Wildman–Crippen LogP) is 3.35. The van der Waals surface area contributed by atoms with Gasteiger partial charge in [-0.15, -0.1) is 23.1 Å². The third-order valence-corrected chi connectivity index (χ3v) is 8.48. The molecule has 0 N–H and O–H groups in total. The van der Waals surface area contributed by atoms with Crippen molar-refractivity contribution in [3.8, 4) is 5.75 Å². The van der Waals surface area contributed by atoms with E-state index in [2.05, 4.69) is 19.2 Å². The van der Waals surface area contributed by atoms with E-state index in [-0.39, 0.29) is 9.68 Å². The van der Waals surface area contributed by atoms with Crippen molar-refractivity contribution in [1.29, 1.82) is 0 Å². The van der Waals surface area contributed by atoms with Gasteiger partial charge in [-0.25, -0.2) is 0 Å². The maximum Gasteiger partial charge on any atom is 0.136 e. The van der Waals surface area contributed by atoms with Crippen molar-refractivity contribution in [2.45, 2.75) is 36.4 Å². The first-order valence-corrected chi connectivity index (χ1v) is 9.01. The molecule has 3 heterocycles. The van der Waals surface area contributed by atoms with E-state index >= 15 is 0 Å². The van der Waals surface area contributed by atoms with E-state index in [0.29, 0.717) is 0 Å². The zero-order chi connectivity index (χ0) is 12.1. The van der Waals surface area contributed by atoms with E-state index < -0.39 is 10.8 Å². The molecule has 0 saturated carbocycles. The average Bonchev–Trinajstić information content (AvgIpc) is 2.69. The molecule has 0 aliphatic carbocycles. The van der Waals surface area contributed by atoms with E-state index in [1.54, 1.807) is 11.3 Å². The molecule has 1 aromatic rings. The van der Waals surface area contributed by atoms with Crippen LogP contribution in [0.2, 0.25) is 0 Å². The third kappa shape index (κ3) is 1.87. The maximum atomic E-state index is 12.6. The van der Waals surface area contributed by atoms with Crippen molar-refractivity contribution in [2.75, 3.05) is 11.5 Å². The summed E-state index contributed by atoms with van der Waals surface area (Å²) in [6.45, 7) is 4.20. The Morgan fingerprint density at radius 2 is 2.29 bits per heavy atom. The van der Waals surface area contributed by atoms with Crippen molar-refractivity contribution in [2.24, 2.45) is 0 Å². The molecule has 0 bridgehead atoms. The SMILES string of the molecule is CC1(C)CC2(SCCCS2=O)c2sccc2O1. The Balaban J connectivity index is 2.13. The second kappa shape index (κ2) is 4.00. The Hall–Kier alpha value is -0.0000000000000000555. The predicted molar refractivity (Wildman–Crippen MR) is 75.4 cm³/mol. The minimum absolute atomic E-state index is 0.205. The lowest BCUT2D eigenvalue weighted by Crippen LogP contribution is -2.46. The van der Waals surface area contributed by atoms with Gasteiger partial charge in [0.1, 0.15) is 15.4 Å². The van der Waals surface area contributed by atoms with Crippen LogP contribution in [0.25, 0.3) is 0 Å². The highest BCUT2D eigenvalue weighted by molar-refractivity contribution is 8.12. The normalized spacial score (nSPS) is 35.3. The Morgan fingerprint density at radius 3 is 3.06 bits per heavy atom. The largest absolute Gasteiger partial charge is 0.487 e. The fraction of sp³-hybridized carbons (Fsp3) is 0.667. The second-order valence-electron chi connectivity index (χ2n) is 5.16. The Morgan fingerprint density at radius 1 is 1.47 bits per heavy atom. The van der Waals surface area contributed by atoms with Crippen LogP contribution in [0.15, 0.2) is 11.4 Å². The van der Waals surface area contributed by atoms with Crippen LogP contribution in [0.5, 0.6) is 5.75 Å². The first-order chi connectivity index (χ1) is 8.04. The summed E-state index contributed by atoms with van der Waals surface area (Å²) in [6.07, 6.45) is 1.92. The van der Waals surface area contributed by atoms with Gasteiger partial charge in [-0.3, -0.25) is 4.21 Å². The first kappa shape index (κ1) is 12.1. The average molecular weight is 288 g/mol. The molecule has 2 atom stereocenters. The molecule has 1 aromatic heterocycles. The number of fused-ring (bicyclic) bond motifs is 2. The highest BCUT2D eigenvalue weighted by Gasteiger charge is 2.51. The topological polar surface area (TPSA) is 26.3 Å². The molecular weight excluding hydrogens is 272 g/mol. The fourth-order valence-electron chi connectivity index (χ4n) is 2.59. The summed E-state index contributed by atoms with van der Waals surface area (Å²) in [7, 11) is -0.778. The van der Waals surface area contributed by atoms with Crippen LogP contribution in [-0.4, -0.2) is 21.3 Å². The van der Waals surface area contributed by atoms with Crippen LogP contribution in [0.4, 0.5) is 0 Å². The highest BCUT2D eigenvalue weighted by atomic mass is 32.2. The Kier molecular flexibility index (Phi) is 2.84. The van der Waals surface area contributed by atoms with Gasteiger partial charge in [-0.1, -0.05) is 0 Å². The zero-order valence-electron chi connectivity index (χ0n) is 10.0. The fourth-order valence-corrected chi connectivity index (χ4v) is 8.20. The second-order valence-corrected chi connectivity index (χ2v) is 9.52. The molecule has 17 heavy (non-hydrogen) atoms. The van der Waals surface area contributed by atoms with Gasteiger partial charge in [-0.2, -0.15) is 0 Å². The Bertz CT molecular complexity index is 466. The number of rotatable bonds is 0. The molecule has 0 radical (unpaired) electrons. The van der Waals surface area contributed by atoms with E-state index in [0.717, 1.165) is 30.1 Å². The number of ether oxygens (including phenoxy) is 1. The molecule has 1 saturated heterocycles. The first-order valence-electron chi connectivity index (χ1n) is 5.83. The van der Waals surface area contributed by atoms with Gasteiger partial charge in [-0.05, 0) is 37.5 Å². The highest BCUT2D eigenvalue weighted by Crippen LogP contribution is 2.57. The van der Waals surface area contributed by atoms with E-state index in [4.69, 9.17) is 4.74 Å². The number of hydrogen-bond donors (Lipinski definition) is 0.